The minimum absolute atomic E-state index is 0.188. The number of halogens is 1. The number of aromatic nitrogens is 1. The van der Waals surface area contributed by atoms with E-state index in [9.17, 15) is 5.26 Å². The molecule has 0 saturated carbocycles. The molecule has 3 rings (SSSR count). The van der Waals surface area contributed by atoms with Gasteiger partial charge in [-0.05, 0) is 30.7 Å². The molecule has 1 fully saturated rings. The summed E-state index contributed by atoms with van der Waals surface area (Å²) in [6.07, 6.45) is 0.961. The van der Waals surface area contributed by atoms with Crippen LogP contribution in [0.4, 0.5) is 5.82 Å². The van der Waals surface area contributed by atoms with Crippen LogP contribution < -0.4 is 10.6 Å². The third kappa shape index (κ3) is 2.23. The molecule has 4 nitrogen and oxygen atoms in total. The van der Waals surface area contributed by atoms with Crippen LogP contribution in [-0.4, -0.2) is 24.1 Å². The monoisotopic (exact) mass is 272 g/mol. The zero-order valence-corrected chi connectivity index (χ0v) is 11.1. The Morgan fingerprint density at radius 2 is 2.26 bits per heavy atom. The zero-order chi connectivity index (χ0) is 13.4. The van der Waals surface area contributed by atoms with E-state index in [0.29, 0.717) is 10.6 Å². The van der Waals surface area contributed by atoms with Gasteiger partial charge in [-0.2, -0.15) is 5.26 Å². The molecule has 1 aromatic carbocycles. The quantitative estimate of drug-likeness (QED) is 0.865. The highest BCUT2D eigenvalue weighted by Gasteiger charge is 2.21. The molecule has 0 bridgehead atoms. The smallest absolute Gasteiger partial charge is 0.130 e. The molecular weight excluding hydrogens is 260 g/mol. The third-order valence-corrected chi connectivity index (χ3v) is 3.66. The van der Waals surface area contributed by atoms with Gasteiger partial charge in [0, 0.05) is 29.5 Å². The summed E-state index contributed by atoms with van der Waals surface area (Å²) in [5.41, 5.74) is 7.30. The number of anilines is 1. The molecule has 0 spiro atoms. The van der Waals surface area contributed by atoms with Crippen LogP contribution in [0.1, 0.15) is 12.0 Å². The molecule has 0 amide bonds. The first-order chi connectivity index (χ1) is 9.17. The lowest BCUT2D eigenvalue weighted by molar-refractivity contribution is 0.751. The first-order valence-corrected chi connectivity index (χ1v) is 6.56. The van der Waals surface area contributed by atoms with E-state index < -0.39 is 0 Å². The number of pyridine rings is 1. The van der Waals surface area contributed by atoms with Crippen LogP contribution in [0.25, 0.3) is 10.9 Å². The van der Waals surface area contributed by atoms with Gasteiger partial charge < -0.3 is 10.6 Å². The maximum absolute atomic E-state index is 9.28. The predicted molar refractivity (Wildman–Crippen MR) is 76.3 cm³/mol. The van der Waals surface area contributed by atoms with Crippen molar-refractivity contribution < 1.29 is 0 Å². The Kier molecular flexibility index (Phi) is 3.02. The summed E-state index contributed by atoms with van der Waals surface area (Å²) in [6, 6.07) is 9.63. The Hall–Kier alpha value is -1.83. The predicted octanol–water partition coefficient (Wildman–Crippen LogP) is 2.30. The number of fused-ring (bicyclic) bond motifs is 1. The fourth-order valence-corrected chi connectivity index (χ4v) is 2.61. The Bertz CT molecular complexity index is 677. The molecule has 2 N–H and O–H groups in total. The second-order valence-corrected chi connectivity index (χ2v) is 5.23. The van der Waals surface area contributed by atoms with Gasteiger partial charge in [-0.15, -0.1) is 0 Å². The Balaban J connectivity index is 2.13. The van der Waals surface area contributed by atoms with Gasteiger partial charge in [-0.3, -0.25) is 0 Å². The summed E-state index contributed by atoms with van der Waals surface area (Å²) in [6.45, 7) is 1.68. The standard InChI is InChI=1S/C14H13ClN4/c15-10-1-2-13-12(6-10)9(7-16)5-14(18-13)19-4-3-11(17)8-19/h1-2,5-6,11H,3-4,8,17H2/t11-/m0/s1. The molecule has 1 aliphatic heterocycles. The number of benzene rings is 1. The molecule has 1 aliphatic rings. The molecule has 0 unspecified atom stereocenters. The van der Waals surface area contributed by atoms with Crippen LogP contribution in [0.2, 0.25) is 5.02 Å². The van der Waals surface area contributed by atoms with Crippen LogP contribution in [0.5, 0.6) is 0 Å². The Labute approximate surface area is 116 Å². The average molecular weight is 273 g/mol. The molecule has 5 heteroatoms. The SMILES string of the molecule is N#Cc1cc(N2CC[C@H](N)C2)nc2ccc(Cl)cc12. The van der Waals surface area contributed by atoms with E-state index in [1.807, 2.05) is 12.1 Å². The first-order valence-electron chi connectivity index (χ1n) is 6.18. The maximum atomic E-state index is 9.28. The van der Waals surface area contributed by atoms with E-state index in [1.165, 1.54) is 0 Å². The minimum atomic E-state index is 0.188. The van der Waals surface area contributed by atoms with Crippen LogP contribution >= 0.6 is 11.6 Å². The van der Waals surface area contributed by atoms with Gasteiger partial charge in [0.1, 0.15) is 5.82 Å². The number of nitriles is 1. The van der Waals surface area contributed by atoms with Gasteiger partial charge in [0.25, 0.3) is 0 Å². The molecule has 1 atom stereocenters. The lowest BCUT2D eigenvalue weighted by Crippen LogP contribution is -2.26. The molecule has 2 heterocycles. The summed E-state index contributed by atoms with van der Waals surface area (Å²) in [4.78, 5) is 6.73. The van der Waals surface area contributed by atoms with E-state index in [1.54, 1.807) is 12.1 Å². The highest BCUT2D eigenvalue weighted by atomic mass is 35.5. The largest absolute Gasteiger partial charge is 0.355 e. The van der Waals surface area contributed by atoms with Crippen molar-refractivity contribution in [3.63, 3.8) is 0 Å². The minimum Gasteiger partial charge on any atom is -0.355 e. The maximum Gasteiger partial charge on any atom is 0.130 e. The second kappa shape index (κ2) is 4.69. The van der Waals surface area contributed by atoms with E-state index in [2.05, 4.69) is 16.0 Å². The van der Waals surface area contributed by atoms with Crippen molar-refractivity contribution in [1.82, 2.24) is 4.98 Å². The van der Waals surface area contributed by atoms with Gasteiger partial charge in [-0.25, -0.2) is 4.98 Å². The van der Waals surface area contributed by atoms with Crippen molar-refractivity contribution in [2.24, 2.45) is 5.73 Å². The molecule has 0 aliphatic carbocycles. The fraction of sp³-hybridized carbons (Fsp3) is 0.286. The van der Waals surface area contributed by atoms with Crippen LogP contribution in [0, 0.1) is 11.3 Å². The second-order valence-electron chi connectivity index (χ2n) is 4.80. The van der Waals surface area contributed by atoms with Gasteiger partial charge in [-0.1, -0.05) is 11.6 Å². The van der Waals surface area contributed by atoms with E-state index in [4.69, 9.17) is 17.3 Å². The fourth-order valence-electron chi connectivity index (χ4n) is 2.43. The van der Waals surface area contributed by atoms with Gasteiger partial charge in [0.05, 0.1) is 17.1 Å². The Morgan fingerprint density at radius 3 is 2.95 bits per heavy atom. The van der Waals surface area contributed by atoms with Gasteiger partial charge in [0.15, 0.2) is 0 Å². The van der Waals surface area contributed by atoms with Crippen LogP contribution in [0.3, 0.4) is 0 Å². The van der Waals surface area contributed by atoms with Crippen molar-refractivity contribution in [2.45, 2.75) is 12.5 Å². The van der Waals surface area contributed by atoms with Crippen molar-refractivity contribution in [3.05, 3.63) is 34.9 Å². The summed E-state index contributed by atoms with van der Waals surface area (Å²) in [5.74, 6) is 0.819. The van der Waals surface area contributed by atoms with E-state index in [-0.39, 0.29) is 6.04 Å². The van der Waals surface area contributed by atoms with Gasteiger partial charge in [0.2, 0.25) is 0 Å². The number of nitrogens with zero attached hydrogens (tertiary/aromatic N) is 3. The number of hydrogen-bond donors (Lipinski definition) is 1. The van der Waals surface area contributed by atoms with Crippen molar-refractivity contribution in [3.8, 4) is 6.07 Å². The van der Waals surface area contributed by atoms with Crippen molar-refractivity contribution >= 4 is 28.3 Å². The number of nitrogens with two attached hydrogens (primary N) is 1. The Morgan fingerprint density at radius 1 is 1.42 bits per heavy atom. The molecular formula is C14H13ClN4. The normalized spacial score (nSPS) is 18.8. The lowest BCUT2D eigenvalue weighted by Gasteiger charge is -2.17. The highest BCUT2D eigenvalue weighted by molar-refractivity contribution is 6.31. The molecule has 96 valence electrons. The molecule has 19 heavy (non-hydrogen) atoms. The lowest BCUT2D eigenvalue weighted by atomic mass is 10.1. The molecule has 2 aromatic rings. The average Bonchev–Trinajstić information content (AvgIpc) is 2.84. The van der Waals surface area contributed by atoms with Crippen LogP contribution in [-0.2, 0) is 0 Å². The number of hydrogen-bond acceptors (Lipinski definition) is 4. The van der Waals surface area contributed by atoms with Crippen molar-refractivity contribution in [2.75, 3.05) is 18.0 Å². The van der Waals surface area contributed by atoms with E-state index >= 15 is 0 Å². The van der Waals surface area contributed by atoms with Crippen LogP contribution in [0.15, 0.2) is 24.3 Å². The van der Waals surface area contributed by atoms with Crippen molar-refractivity contribution in [1.29, 1.82) is 5.26 Å². The summed E-state index contributed by atoms with van der Waals surface area (Å²) >= 11 is 5.97. The summed E-state index contributed by atoms with van der Waals surface area (Å²) in [5, 5.41) is 10.7. The van der Waals surface area contributed by atoms with E-state index in [0.717, 1.165) is 36.2 Å². The summed E-state index contributed by atoms with van der Waals surface area (Å²) < 4.78 is 0. The third-order valence-electron chi connectivity index (χ3n) is 3.43. The molecule has 1 aromatic heterocycles. The molecule has 1 saturated heterocycles. The van der Waals surface area contributed by atoms with Gasteiger partial charge >= 0.3 is 0 Å². The topological polar surface area (TPSA) is 65.9 Å². The first kappa shape index (κ1) is 12.2. The highest BCUT2D eigenvalue weighted by Crippen LogP contribution is 2.26. The molecule has 0 radical (unpaired) electrons. The zero-order valence-electron chi connectivity index (χ0n) is 10.3. The summed E-state index contributed by atoms with van der Waals surface area (Å²) in [7, 11) is 0. The number of rotatable bonds is 1.